The number of carbonyl (C=O) groups excluding carboxylic acids is 1. The maximum Gasteiger partial charge on any atom is 0.488 e. The van der Waals surface area contributed by atoms with Gasteiger partial charge in [-0.3, -0.25) is 0 Å². The summed E-state index contributed by atoms with van der Waals surface area (Å²) in [6, 6.07) is 19.9. The summed E-state index contributed by atoms with van der Waals surface area (Å²) in [7, 11) is -1.63. The number of benzene rings is 3. The van der Waals surface area contributed by atoms with Gasteiger partial charge in [-0.25, -0.2) is 4.79 Å². The van der Waals surface area contributed by atoms with Gasteiger partial charge in [-0.1, -0.05) is 59.7 Å². The molecule has 0 spiro atoms. The van der Waals surface area contributed by atoms with Crippen molar-refractivity contribution in [2.24, 2.45) is 5.11 Å². The maximum atomic E-state index is 13.0. The van der Waals surface area contributed by atoms with Gasteiger partial charge in [0.25, 0.3) is 0 Å². The normalized spacial score (nSPS) is 14.6. The van der Waals surface area contributed by atoms with Crippen molar-refractivity contribution in [1.29, 1.82) is 0 Å². The van der Waals surface area contributed by atoms with E-state index in [4.69, 9.17) is 10.3 Å². The third-order valence-electron chi connectivity index (χ3n) is 7.33. The zero-order chi connectivity index (χ0) is 25.9. The van der Waals surface area contributed by atoms with Crippen LogP contribution in [0.5, 0.6) is 0 Å². The fourth-order valence-electron chi connectivity index (χ4n) is 5.35. The fourth-order valence-corrected chi connectivity index (χ4v) is 5.35. The van der Waals surface area contributed by atoms with E-state index in [1.165, 1.54) is 22.3 Å². The predicted octanol–water partition coefficient (Wildman–Crippen LogP) is 3.56. The molecule has 5 rings (SSSR count). The smallest absolute Gasteiger partial charge is 0.448 e. The lowest BCUT2D eigenvalue weighted by molar-refractivity contribution is 0.0977. The van der Waals surface area contributed by atoms with Gasteiger partial charge in [-0.2, -0.15) is 0 Å². The van der Waals surface area contributed by atoms with Gasteiger partial charge in [0.2, 0.25) is 0 Å². The topological polar surface area (TPSA) is 122 Å². The Morgan fingerprint density at radius 1 is 1.05 bits per heavy atom. The minimum Gasteiger partial charge on any atom is -0.448 e. The lowest BCUT2D eigenvalue weighted by atomic mass is 9.78. The van der Waals surface area contributed by atoms with Gasteiger partial charge < -0.3 is 24.6 Å². The number of nitrogens with zero attached hydrogens (tertiary/aromatic N) is 5. The number of azide groups is 1. The van der Waals surface area contributed by atoms with Crippen molar-refractivity contribution < 1.29 is 19.6 Å². The van der Waals surface area contributed by atoms with E-state index in [1.54, 1.807) is 17.0 Å². The van der Waals surface area contributed by atoms with Gasteiger partial charge in [0.15, 0.2) is 0 Å². The summed E-state index contributed by atoms with van der Waals surface area (Å²) in [5, 5.41) is 23.1. The van der Waals surface area contributed by atoms with Crippen LogP contribution in [0.4, 0.5) is 10.5 Å². The highest BCUT2D eigenvalue weighted by Gasteiger charge is 2.31. The van der Waals surface area contributed by atoms with E-state index in [1.807, 2.05) is 31.2 Å². The molecule has 2 aliphatic rings. The predicted molar refractivity (Wildman–Crippen MR) is 143 cm³/mol. The average molecular weight is 497 g/mol. The van der Waals surface area contributed by atoms with E-state index < -0.39 is 7.12 Å². The van der Waals surface area contributed by atoms with Crippen LogP contribution < -0.4 is 10.4 Å². The Labute approximate surface area is 215 Å². The molecule has 1 amide bonds. The zero-order valence-corrected chi connectivity index (χ0v) is 20.6. The Balaban J connectivity index is 1.24. The monoisotopic (exact) mass is 497 g/mol. The molecule has 10 heteroatoms. The van der Waals surface area contributed by atoms with E-state index in [0.29, 0.717) is 31.6 Å². The van der Waals surface area contributed by atoms with Crippen molar-refractivity contribution in [3.63, 3.8) is 0 Å². The Bertz CT molecular complexity index is 1320. The van der Waals surface area contributed by atoms with Crippen molar-refractivity contribution in [2.75, 3.05) is 37.7 Å². The molecule has 3 aromatic carbocycles. The second-order valence-electron chi connectivity index (χ2n) is 9.36. The van der Waals surface area contributed by atoms with Crippen molar-refractivity contribution in [2.45, 2.75) is 19.4 Å². The van der Waals surface area contributed by atoms with Crippen molar-refractivity contribution in [3.8, 4) is 11.1 Å². The van der Waals surface area contributed by atoms with Crippen LogP contribution in [-0.4, -0.2) is 60.9 Å². The SMILES string of the molecule is Cc1c(CN=[N+]=[N-])cc(B(O)O)cc1N1CCN(C(=O)OCC2c3ccccc3-c3ccccc32)CC1. The lowest BCUT2D eigenvalue weighted by Crippen LogP contribution is -2.49. The minimum atomic E-state index is -1.63. The Morgan fingerprint density at radius 2 is 1.68 bits per heavy atom. The first-order valence-corrected chi connectivity index (χ1v) is 12.3. The molecule has 1 fully saturated rings. The number of fused-ring (bicyclic) bond motifs is 3. The number of anilines is 1. The van der Waals surface area contributed by atoms with Crippen LogP contribution in [0.2, 0.25) is 0 Å². The van der Waals surface area contributed by atoms with Crippen LogP contribution in [0.3, 0.4) is 0 Å². The average Bonchev–Trinajstić information content (AvgIpc) is 3.24. The molecule has 0 atom stereocenters. The molecule has 1 aliphatic heterocycles. The van der Waals surface area contributed by atoms with Gasteiger partial charge in [0.05, 0.1) is 6.54 Å². The fraction of sp³-hybridized carbons (Fsp3) is 0.296. The third-order valence-corrected chi connectivity index (χ3v) is 7.33. The van der Waals surface area contributed by atoms with Gasteiger partial charge >= 0.3 is 13.2 Å². The Morgan fingerprint density at radius 3 is 2.27 bits per heavy atom. The van der Waals surface area contributed by atoms with Crippen molar-refractivity contribution in [1.82, 2.24) is 4.90 Å². The molecule has 9 nitrogen and oxygen atoms in total. The summed E-state index contributed by atoms with van der Waals surface area (Å²) in [4.78, 5) is 19.6. The zero-order valence-electron chi connectivity index (χ0n) is 20.6. The number of carbonyl (C=O) groups is 1. The summed E-state index contributed by atoms with van der Waals surface area (Å²) < 4.78 is 5.81. The maximum absolute atomic E-state index is 13.0. The minimum absolute atomic E-state index is 0.0161. The number of amides is 1. The summed E-state index contributed by atoms with van der Waals surface area (Å²) in [6.07, 6.45) is -0.332. The molecule has 0 saturated carbocycles. The van der Waals surface area contributed by atoms with Crippen molar-refractivity contribution in [3.05, 3.63) is 93.4 Å². The first kappa shape index (κ1) is 24.7. The standard InChI is InChI=1S/C27H28BN5O4/c1-18-19(16-30-31-29)14-20(28(35)36)15-26(18)32-10-12-33(13-11-32)27(34)37-17-25-23-8-4-2-6-21(23)22-7-3-5-9-24(22)25/h2-9,14-15,25,35-36H,10-13,16-17H2,1H3. The molecule has 1 heterocycles. The lowest BCUT2D eigenvalue weighted by Gasteiger charge is -2.37. The molecule has 0 bridgehead atoms. The van der Waals surface area contributed by atoms with Gasteiger partial charge in [-0.05, 0) is 57.4 Å². The number of ether oxygens (including phenoxy) is 1. The molecule has 37 heavy (non-hydrogen) atoms. The van der Waals surface area contributed by atoms with E-state index in [-0.39, 0.29) is 25.2 Å². The molecule has 0 radical (unpaired) electrons. The number of hydrogen-bond donors (Lipinski definition) is 2. The van der Waals surface area contributed by atoms with E-state index in [2.05, 4.69) is 39.2 Å². The highest BCUT2D eigenvalue weighted by molar-refractivity contribution is 6.58. The van der Waals surface area contributed by atoms with Crippen LogP contribution in [0, 0.1) is 6.92 Å². The highest BCUT2D eigenvalue weighted by Crippen LogP contribution is 2.44. The summed E-state index contributed by atoms with van der Waals surface area (Å²) >= 11 is 0. The number of hydrogen-bond acceptors (Lipinski definition) is 6. The van der Waals surface area contributed by atoms with Gasteiger partial charge in [-0.15, -0.1) is 0 Å². The molecular weight excluding hydrogens is 469 g/mol. The quantitative estimate of drug-likeness (QED) is 0.234. The summed E-state index contributed by atoms with van der Waals surface area (Å²) in [5.74, 6) is 0.0161. The molecule has 188 valence electrons. The van der Waals surface area contributed by atoms with Crippen LogP contribution in [0.15, 0.2) is 65.8 Å². The molecule has 0 unspecified atom stereocenters. The number of piperazine rings is 1. The molecule has 1 saturated heterocycles. The third kappa shape index (κ3) is 4.87. The van der Waals surface area contributed by atoms with E-state index >= 15 is 0 Å². The summed E-state index contributed by atoms with van der Waals surface area (Å²) in [6.45, 7) is 4.42. The Kier molecular flexibility index (Phi) is 7.05. The van der Waals surface area contributed by atoms with Crippen molar-refractivity contribution >= 4 is 24.4 Å². The number of rotatable bonds is 6. The molecular formula is C27H28BN5O4. The molecule has 3 aromatic rings. The Hall–Kier alpha value is -3.98. The van der Waals surface area contributed by atoms with E-state index in [9.17, 15) is 14.8 Å². The van der Waals surface area contributed by atoms with Gasteiger partial charge in [0, 0.05) is 42.7 Å². The van der Waals surface area contributed by atoms with Crippen LogP contribution in [0.25, 0.3) is 21.6 Å². The first-order chi connectivity index (χ1) is 18.0. The second-order valence-corrected chi connectivity index (χ2v) is 9.36. The van der Waals surface area contributed by atoms with Crippen LogP contribution >= 0.6 is 0 Å². The molecule has 0 aromatic heterocycles. The largest absolute Gasteiger partial charge is 0.488 e. The second kappa shape index (κ2) is 10.6. The van der Waals surface area contributed by atoms with Gasteiger partial charge in [0.1, 0.15) is 6.61 Å². The highest BCUT2D eigenvalue weighted by atomic mass is 16.6. The molecule has 1 aliphatic carbocycles. The van der Waals surface area contributed by atoms with Crippen LogP contribution in [-0.2, 0) is 11.3 Å². The first-order valence-electron chi connectivity index (χ1n) is 12.3. The molecule has 2 N–H and O–H groups in total. The van der Waals surface area contributed by atoms with E-state index in [0.717, 1.165) is 16.8 Å². The summed E-state index contributed by atoms with van der Waals surface area (Å²) in [5.41, 5.74) is 16.3. The van der Waals surface area contributed by atoms with Crippen LogP contribution in [0.1, 0.15) is 28.2 Å².